The number of carbonyl (C=O) groups is 1. The number of carbonyl (C=O) groups excluding carboxylic acids is 1. The summed E-state index contributed by atoms with van der Waals surface area (Å²) < 4.78 is 5.54. The topological polar surface area (TPSA) is 82.8 Å². The minimum atomic E-state index is 0.208. The van der Waals surface area contributed by atoms with Crippen LogP contribution in [0.4, 0.5) is 0 Å². The first-order valence-electron chi connectivity index (χ1n) is 9.56. The fourth-order valence-corrected chi connectivity index (χ4v) is 3.01. The molecule has 1 aromatic heterocycles. The maximum absolute atomic E-state index is 12.1. The molecule has 7 heteroatoms. The van der Waals surface area contributed by atoms with E-state index in [0.29, 0.717) is 31.4 Å². The van der Waals surface area contributed by atoms with Crippen LogP contribution in [0.1, 0.15) is 31.9 Å². The molecule has 1 aliphatic heterocycles. The van der Waals surface area contributed by atoms with E-state index in [9.17, 15) is 4.79 Å². The SMILES string of the molecule is CCNC(=NCc1coc(-c2ccccc2)n1)NCCC(=O)N1CCCC1. The molecule has 0 radical (unpaired) electrons. The molecule has 2 aromatic rings. The highest BCUT2D eigenvalue weighted by molar-refractivity contribution is 5.81. The first-order valence-corrected chi connectivity index (χ1v) is 9.56. The number of aromatic nitrogens is 1. The van der Waals surface area contributed by atoms with Crippen LogP contribution in [-0.2, 0) is 11.3 Å². The Bertz CT molecular complexity index is 751. The Morgan fingerprint density at radius 2 is 2.00 bits per heavy atom. The molecule has 0 unspecified atom stereocenters. The van der Waals surface area contributed by atoms with Gasteiger partial charge in [0.15, 0.2) is 5.96 Å². The molecule has 1 aliphatic rings. The van der Waals surface area contributed by atoms with Gasteiger partial charge in [-0.15, -0.1) is 0 Å². The first kappa shape index (κ1) is 18.9. The zero-order valence-corrected chi connectivity index (χ0v) is 15.8. The molecule has 144 valence electrons. The highest BCUT2D eigenvalue weighted by Gasteiger charge is 2.17. The molecule has 2 heterocycles. The summed E-state index contributed by atoms with van der Waals surface area (Å²) in [4.78, 5) is 23.1. The quantitative estimate of drug-likeness (QED) is 0.578. The number of nitrogens with zero attached hydrogens (tertiary/aromatic N) is 3. The normalized spacial score (nSPS) is 14.4. The molecule has 1 fully saturated rings. The lowest BCUT2D eigenvalue weighted by atomic mass is 10.2. The van der Waals surface area contributed by atoms with Gasteiger partial charge in [0.25, 0.3) is 0 Å². The van der Waals surface area contributed by atoms with Crippen LogP contribution < -0.4 is 10.6 Å². The second kappa shape index (κ2) is 9.75. The summed E-state index contributed by atoms with van der Waals surface area (Å²) in [5.41, 5.74) is 1.71. The summed E-state index contributed by atoms with van der Waals surface area (Å²) in [5, 5.41) is 6.41. The molecule has 1 aromatic carbocycles. The third kappa shape index (κ3) is 5.57. The molecule has 1 saturated heterocycles. The molecule has 1 amide bonds. The Morgan fingerprint density at radius 3 is 2.74 bits per heavy atom. The average molecular weight is 369 g/mol. The number of amides is 1. The Labute approximate surface area is 159 Å². The number of rotatable bonds is 7. The van der Waals surface area contributed by atoms with Crippen LogP contribution in [0.25, 0.3) is 11.5 Å². The second-order valence-corrected chi connectivity index (χ2v) is 6.47. The van der Waals surface area contributed by atoms with Crippen LogP contribution in [0.15, 0.2) is 46.0 Å². The minimum absolute atomic E-state index is 0.208. The fraction of sp³-hybridized carbons (Fsp3) is 0.450. The number of hydrogen-bond donors (Lipinski definition) is 2. The van der Waals surface area contributed by atoms with Crippen LogP contribution >= 0.6 is 0 Å². The van der Waals surface area contributed by atoms with Crippen molar-refractivity contribution < 1.29 is 9.21 Å². The Balaban J connectivity index is 1.51. The van der Waals surface area contributed by atoms with E-state index in [4.69, 9.17) is 4.42 Å². The lowest BCUT2D eigenvalue weighted by Crippen LogP contribution is -2.39. The van der Waals surface area contributed by atoms with E-state index < -0.39 is 0 Å². The van der Waals surface area contributed by atoms with Gasteiger partial charge in [0.05, 0.1) is 6.54 Å². The molecular formula is C20H27N5O2. The molecule has 0 aliphatic carbocycles. The summed E-state index contributed by atoms with van der Waals surface area (Å²) in [5.74, 6) is 1.48. The van der Waals surface area contributed by atoms with Crippen molar-refractivity contribution in [3.63, 3.8) is 0 Å². The largest absolute Gasteiger partial charge is 0.444 e. The molecule has 0 atom stereocenters. The van der Waals surface area contributed by atoms with Crippen molar-refractivity contribution in [1.82, 2.24) is 20.5 Å². The van der Waals surface area contributed by atoms with Gasteiger partial charge in [0.2, 0.25) is 11.8 Å². The van der Waals surface area contributed by atoms with Crippen molar-refractivity contribution >= 4 is 11.9 Å². The Hall–Kier alpha value is -2.83. The first-order chi connectivity index (χ1) is 13.3. The number of likely N-dealkylation sites (tertiary alicyclic amines) is 1. The van der Waals surface area contributed by atoms with Crippen LogP contribution in [0, 0.1) is 0 Å². The zero-order chi connectivity index (χ0) is 18.9. The zero-order valence-electron chi connectivity index (χ0n) is 15.8. The minimum Gasteiger partial charge on any atom is -0.444 e. The molecule has 3 rings (SSSR count). The molecule has 27 heavy (non-hydrogen) atoms. The van der Waals surface area contributed by atoms with Gasteiger partial charge in [-0.05, 0) is 31.9 Å². The van der Waals surface area contributed by atoms with E-state index in [0.717, 1.165) is 43.7 Å². The van der Waals surface area contributed by atoms with Crippen LogP contribution in [0.5, 0.6) is 0 Å². The van der Waals surface area contributed by atoms with Gasteiger partial charge in [-0.2, -0.15) is 0 Å². The smallest absolute Gasteiger partial charge is 0.226 e. The molecule has 7 nitrogen and oxygen atoms in total. The van der Waals surface area contributed by atoms with E-state index in [1.54, 1.807) is 6.26 Å². The third-order valence-electron chi connectivity index (χ3n) is 4.41. The maximum atomic E-state index is 12.1. The number of nitrogens with one attached hydrogen (secondary N) is 2. The summed E-state index contributed by atoms with van der Waals surface area (Å²) >= 11 is 0. The van der Waals surface area contributed by atoms with Gasteiger partial charge in [0.1, 0.15) is 12.0 Å². The van der Waals surface area contributed by atoms with E-state index >= 15 is 0 Å². The van der Waals surface area contributed by atoms with Crippen molar-refractivity contribution in [2.24, 2.45) is 4.99 Å². The van der Waals surface area contributed by atoms with Crippen molar-refractivity contribution in [3.8, 4) is 11.5 Å². The van der Waals surface area contributed by atoms with E-state index in [-0.39, 0.29) is 5.91 Å². The Morgan fingerprint density at radius 1 is 1.22 bits per heavy atom. The van der Waals surface area contributed by atoms with Gasteiger partial charge >= 0.3 is 0 Å². The molecular weight excluding hydrogens is 342 g/mol. The number of hydrogen-bond acceptors (Lipinski definition) is 4. The van der Waals surface area contributed by atoms with Gasteiger partial charge in [-0.3, -0.25) is 4.79 Å². The molecule has 0 bridgehead atoms. The predicted octanol–water partition coefficient (Wildman–Crippen LogP) is 2.41. The van der Waals surface area contributed by atoms with Crippen molar-refractivity contribution in [1.29, 1.82) is 0 Å². The maximum Gasteiger partial charge on any atom is 0.226 e. The predicted molar refractivity (Wildman–Crippen MR) is 105 cm³/mol. The van der Waals surface area contributed by atoms with Gasteiger partial charge in [-0.1, -0.05) is 18.2 Å². The van der Waals surface area contributed by atoms with Gasteiger partial charge in [0, 0.05) is 38.2 Å². The number of guanidine groups is 1. The number of benzene rings is 1. The Kier molecular flexibility index (Phi) is 6.84. The number of aliphatic imine (C=N–C) groups is 1. The van der Waals surface area contributed by atoms with E-state index in [2.05, 4.69) is 20.6 Å². The summed E-state index contributed by atoms with van der Waals surface area (Å²) in [6.07, 6.45) is 4.34. The standard InChI is InChI=1S/C20H27N5O2/c1-2-21-20(22-11-10-18(26)25-12-6-7-13-25)23-14-17-15-27-19(24-17)16-8-4-3-5-9-16/h3-5,8-9,15H,2,6-7,10-14H2,1H3,(H2,21,22,23). The van der Waals surface area contributed by atoms with Crippen molar-refractivity contribution in [2.45, 2.75) is 32.7 Å². The highest BCUT2D eigenvalue weighted by atomic mass is 16.3. The lowest BCUT2D eigenvalue weighted by molar-refractivity contribution is -0.129. The van der Waals surface area contributed by atoms with Crippen LogP contribution in [0.3, 0.4) is 0 Å². The van der Waals surface area contributed by atoms with Gasteiger partial charge in [-0.25, -0.2) is 9.98 Å². The van der Waals surface area contributed by atoms with E-state index in [1.807, 2.05) is 42.2 Å². The second-order valence-electron chi connectivity index (χ2n) is 6.47. The van der Waals surface area contributed by atoms with Gasteiger partial charge < -0.3 is 20.0 Å². The third-order valence-corrected chi connectivity index (χ3v) is 4.41. The average Bonchev–Trinajstić information content (AvgIpc) is 3.39. The molecule has 0 saturated carbocycles. The highest BCUT2D eigenvalue weighted by Crippen LogP contribution is 2.18. The molecule has 2 N–H and O–H groups in total. The lowest BCUT2D eigenvalue weighted by Gasteiger charge is -2.16. The van der Waals surface area contributed by atoms with Crippen LogP contribution in [-0.4, -0.2) is 47.9 Å². The van der Waals surface area contributed by atoms with Crippen molar-refractivity contribution in [2.75, 3.05) is 26.2 Å². The van der Waals surface area contributed by atoms with Crippen LogP contribution in [0.2, 0.25) is 0 Å². The van der Waals surface area contributed by atoms with Crippen molar-refractivity contribution in [3.05, 3.63) is 42.3 Å². The summed E-state index contributed by atoms with van der Waals surface area (Å²) in [6, 6.07) is 9.78. The summed E-state index contributed by atoms with van der Waals surface area (Å²) in [7, 11) is 0. The monoisotopic (exact) mass is 369 g/mol. The fourth-order valence-electron chi connectivity index (χ4n) is 3.01. The molecule has 0 spiro atoms. The van der Waals surface area contributed by atoms with E-state index in [1.165, 1.54) is 0 Å². The summed E-state index contributed by atoms with van der Waals surface area (Å²) in [6.45, 7) is 5.52. The number of oxazole rings is 1.